The van der Waals surface area contributed by atoms with Crippen LogP contribution in [0.2, 0.25) is 0 Å². The zero-order valence-electron chi connectivity index (χ0n) is 13.4. The molecular weight excluding hydrogens is 320 g/mol. The molecule has 0 amide bonds. The zero-order chi connectivity index (χ0) is 17.6. The minimum atomic E-state index is -0.678. The summed E-state index contributed by atoms with van der Waals surface area (Å²) in [5, 5.41) is 0. The molecule has 126 valence electrons. The van der Waals surface area contributed by atoms with Gasteiger partial charge >= 0.3 is 11.7 Å². The second kappa shape index (κ2) is 7.44. The minimum Gasteiger partial charge on any atom is -0.425 e. The number of carbonyl (C=O) groups is 1. The predicted octanol–water partition coefficient (Wildman–Crippen LogP) is 1.66. The molecule has 0 N–H and O–H groups in total. The van der Waals surface area contributed by atoms with Crippen LogP contribution < -0.4 is 16.0 Å². The van der Waals surface area contributed by atoms with E-state index in [1.54, 1.807) is 30.3 Å². The maximum Gasteiger partial charge on any atom is 0.331 e. The van der Waals surface area contributed by atoms with Crippen molar-refractivity contribution in [2.24, 2.45) is 0 Å². The minimum absolute atomic E-state index is 0.313. The molecule has 0 unspecified atom stereocenters. The zero-order valence-corrected chi connectivity index (χ0v) is 13.4. The van der Waals surface area contributed by atoms with Gasteiger partial charge in [0.1, 0.15) is 12.3 Å². The highest BCUT2D eigenvalue weighted by molar-refractivity contribution is 5.72. The van der Waals surface area contributed by atoms with E-state index in [0.29, 0.717) is 12.3 Å². The van der Waals surface area contributed by atoms with Gasteiger partial charge in [0.2, 0.25) is 0 Å². The molecule has 0 radical (unpaired) electrons. The summed E-state index contributed by atoms with van der Waals surface area (Å²) in [6.07, 6.45) is 1.43. The molecule has 3 rings (SSSR count). The summed E-state index contributed by atoms with van der Waals surface area (Å²) < 4.78 is 7.39. The van der Waals surface area contributed by atoms with Crippen LogP contribution in [0.3, 0.4) is 0 Å². The van der Waals surface area contributed by atoms with Gasteiger partial charge in [0.15, 0.2) is 0 Å². The number of benzene rings is 2. The predicted molar refractivity (Wildman–Crippen MR) is 92.6 cm³/mol. The van der Waals surface area contributed by atoms with Gasteiger partial charge in [-0.25, -0.2) is 14.2 Å². The van der Waals surface area contributed by atoms with Crippen LogP contribution in [-0.2, 0) is 17.9 Å². The summed E-state index contributed by atoms with van der Waals surface area (Å²) in [5.74, 6) is -0.316. The van der Waals surface area contributed by atoms with Crippen molar-refractivity contribution in [2.75, 3.05) is 0 Å². The smallest absolute Gasteiger partial charge is 0.331 e. The SMILES string of the molecule is O=C(Cn1c(=O)ccn(Cc2ccccc2)c1=O)Oc1ccccc1. The van der Waals surface area contributed by atoms with E-state index in [9.17, 15) is 14.4 Å². The van der Waals surface area contributed by atoms with Crippen molar-refractivity contribution < 1.29 is 9.53 Å². The summed E-state index contributed by atoms with van der Waals surface area (Å²) in [6, 6.07) is 19.1. The highest BCUT2D eigenvalue weighted by Gasteiger charge is 2.12. The van der Waals surface area contributed by atoms with Crippen LogP contribution in [-0.4, -0.2) is 15.1 Å². The largest absolute Gasteiger partial charge is 0.425 e. The molecule has 6 heteroatoms. The van der Waals surface area contributed by atoms with Gasteiger partial charge in [0, 0.05) is 12.3 Å². The number of hydrogen-bond donors (Lipinski definition) is 0. The second-order valence-electron chi connectivity index (χ2n) is 5.42. The maximum atomic E-state index is 12.5. The Bertz CT molecular complexity index is 976. The molecule has 0 atom stereocenters. The van der Waals surface area contributed by atoms with E-state index in [0.717, 1.165) is 10.1 Å². The average Bonchev–Trinajstić information content (AvgIpc) is 2.63. The highest BCUT2D eigenvalue weighted by atomic mass is 16.5. The Morgan fingerprint density at radius 3 is 2.20 bits per heavy atom. The number of ether oxygens (including phenoxy) is 1. The molecule has 0 fully saturated rings. The summed E-state index contributed by atoms with van der Waals surface area (Å²) in [5.41, 5.74) is -0.178. The molecule has 1 aromatic heterocycles. The molecule has 0 saturated heterocycles. The van der Waals surface area contributed by atoms with Gasteiger partial charge < -0.3 is 4.74 Å². The number of nitrogens with zero attached hydrogens (tertiary/aromatic N) is 2. The summed E-state index contributed by atoms with van der Waals surface area (Å²) in [7, 11) is 0. The van der Waals surface area contributed by atoms with Crippen LogP contribution in [0.5, 0.6) is 5.75 Å². The molecule has 0 aliphatic rings. The van der Waals surface area contributed by atoms with Gasteiger partial charge in [-0.1, -0.05) is 48.5 Å². The molecule has 0 aliphatic carbocycles. The van der Waals surface area contributed by atoms with Gasteiger partial charge in [-0.15, -0.1) is 0 Å². The molecule has 0 spiro atoms. The summed E-state index contributed by atoms with van der Waals surface area (Å²) in [6.45, 7) is -0.129. The molecular formula is C19H16N2O4. The Morgan fingerprint density at radius 1 is 0.880 bits per heavy atom. The Morgan fingerprint density at radius 2 is 1.52 bits per heavy atom. The van der Waals surface area contributed by atoms with Crippen LogP contribution in [0.25, 0.3) is 0 Å². The molecule has 25 heavy (non-hydrogen) atoms. The van der Waals surface area contributed by atoms with Gasteiger partial charge in [-0.05, 0) is 17.7 Å². The standard InChI is InChI=1S/C19H16N2O4/c22-17-11-12-20(13-15-7-3-1-4-8-15)19(24)21(17)14-18(23)25-16-9-5-2-6-10-16/h1-12H,13-14H2. The normalized spacial score (nSPS) is 10.4. The molecule has 1 heterocycles. The number of hydrogen-bond acceptors (Lipinski definition) is 4. The quantitative estimate of drug-likeness (QED) is 0.525. The van der Waals surface area contributed by atoms with E-state index in [2.05, 4.69) is 0 Å². The first-order valence-corrected chi connectivity index (χ1v) is 7.73. The monoisotopic (exact) mass is 336 g/mol. The van der Waals surface area contributed by atoms with Crippen molar-refractivity contribution in [3.8, 4) is 5.75 Å². The Kier molecular flexibility index (Phi) is 4.89. The van der Waals surface area contributed by atoms with E-state index in [-0.39, 0.29) is 0 Å². The van der Waals surface area contributed by atoms with Crippen LogP contribution in [0.1, 0.15) is 5.56 Å². The Hall–Kier alpha value is -3.41. The van der Waals surface area contributed by atoms with Crippen molar-refractivity contribution in [3.05, 3.63) is 99.3 Å². The fraction of sp³-hybridized carbons (Fsp3) is 0.105. The molecule has 6 nitrogen and oxygen atoms in total. The van der Waals surface area contributed by atoms with E-state index in [1.807, 2.05) is 30.3 Å². The van der Waals surface area contributed by atoms with Gasteiger partial charge in [-0.3, -0.25) is 9.36 Å². The summed E-state index contributed by atoms with van der Waals surface area (Å²) in [4.78, 5) is 36.5. The van der Waals surface area contributed by atoms with E-state index < -0.39 is 23.8 Å². The second-order valence-corrected chi connectivity index (χ2v) is 5.42. The fourth-order valence-corrected chi connectivity index (χ4v) is 2.38. The molecule has 3 aromatic rings. The third-order valence-electron chi connectivity index (χ3n) is 3.60. The first-order valence-electron chi connectivity index (χ1n) is 7.73. The van der Waals surface area contributed by atoms with Gasteiger partial charge in [0.25, 0.3) is 5.56 Å². The van der Waals surface area contributed by atoms with Crippen molar-refractivity contribution in [1.82, 2.24) is 9.13 Å². The lowest BCUT2D eigenvalue weighted by Crippen LogP contribution is -2.41. The lowest BCUT2D eigenvalue weighted by molar-refractivity contribution is -0.135. The topological polar surface area (TPSA) is 70.3 Å². The third-order valence-corrected chi connectivity index (χ3v) is 3.60. The molecule has 2 aromatic carbocycles. The maximum absolute atomic E-state index is 12.5. The van der Waals surface area contributed by atoms with Crippen molar-refractivity contribution in [2.45, 2.75) is 13.1 Å². The van der Waals surface area contributed by atoms with Gasteiger partial charge in [-0.2, -0.15) is 0 Å². The summed E-state index contributed by atoms with van der Waals surface area (Å²) >= 11 is 0. The lowest BCUT2D eigenvalue weighted by atomic mass is 10.2. The number of para-hydroxylation sites is 1. The molecule has 0 aliphatic heterocycles. The Balaban J connectivity index is 1.81. The highest BCUT2D eigenvalue weighted by Crippen LogP contribution is 2.08. The third kappa shape index (κ3) is 4.11. The van der Waals surface area contributed by atoms with Crippen molar-refractivity contribution in [3.63, 3.8) is 0 Å². The van der Waals surface area contributed by atoms with E-state index >= 15 is 0 Å². The fourth-order valence-electron chi connectivity index (χ4n) is 2.38. The van der Waals surface area contributed by atoms with E-state index in [4.69, 9.17) is 4.74 Å². The number of rotatable bonds is 5. The van der Waals surface area contributed by atoms with Crippen molar-refractivity contribution >= 4 is 5.97 Å². The molecule has 0 saturated carbocycles. The number of carbonyl (C=O) groups excluding carboxylic acids is 1. The van der Waals surface area contributed by atoms with Gasteiger partial charge in [0.05, 0.1) is 6.54 Å². The first kappa shape index (κ1) is 16.4. The number of esters is 1. The average molecular weight is 336 g/mol. The molecule has 0 bridgehead atoms. The number of aromatic nitrogens is 2. The van der Waals surface area contributed by atoms with Crippen LogP contribution >= 0.6 is 0 Å². The van der Waals surface area contributed by atoms with Crippen LogP contribution in [0.15, 0.2) is 82.5 Å². The lowest BCUT2D eigenvalue weighted by Gasteiger charge is -2.10. The van der Waals surface area contributed by atoms with E-state index in [1.165, 1.54) is 16.8 Å². The Labute approximate surface area is 143 Å². The van der Waals surface area contributed by atoms with Crippen molar-refractivity contribution in [1.29, 1.82) is 0 Å². The van der Waals surface area contributed by atoms with Crippen LogP contribution in [0, 0.1) is 0 Å². The van der Waals surface area contributed by atoms with Crippen LogP contribution in [0.4, 0.5) is 0 Å². The first-order chi connectivity index (χ1) is 12.1.